The molecule has 6 rings (SSSR count). The fourth-order valence-electron chi connectivity index (χ4n) is 5.78. The molecular weight excluding hydrogens is 530 g/mol. The Morgan fingerprint density at radius 1 is 1.21 bits per heavy atom. The minimum atomic E-state index is -2.63. The first-order valence-electron chi connectivity index (χ1n) is 14.2. The van der Waals surface area contributed by atoms with Gasteiger partial charge in [0.15, 0.2) is 0 Å². The van der Waals surface area contributed by atoms with Gasteiger partial charge in [0.25, 0.3) is 5.92 Å². The Kier molecular flexibility index (Phi) is 7.33. The number of aromatic amines is 1. The average Bonchev–Trinajstić information content (AvgIpc) is 3.42. The molecule has 0 bridgehead atoms. The second-order valence-electron chi connectivity index (χ2n) is 11.5. The third-order valence-electron chi connectivity index (χ3n) is 7.96. The van der Waals surface area contributed by atoms with Gasteiger partial charge >= 0.3 is 0 Å². The molecule has 3 aromatic heterocycles. The quantitative estimate of drug-likeness (QED) is 0.294. The third kappa shape index (κ3) is 5.81. The number of pyridine rings is 2. The van der Waals surface area contributed by atoms with Crippen molar-refractivity contribution in [3.8, 4) is 0 Å². The molecule has 3 aliphatic rings. The summed E-state index contributed by atoms with van der Waals surface area (Å²) in [4.78, 5) is 14.3. The average molecular weight is 565 g/mol. The van der Waals surface area contributed by atoms with Crippen molar-refractivity contribution in [2.45, 2.75) is 32.6 Å². The van der Waals surface area contributed by atoms with Crippen LogP contribution in [-0.4, -0.2) is 51.1 Å². The molecule has 0 unspecified atom stereocenters. The second kappa shape index (κ2) is 11.1. The summed E-state index contributed by atoms with van der Waals surface area (Å²) in [6.07, 6.45) is 16.6. The summed E-state index contributed by atoms with van der Waals surface area (Å²) >= 11 is 0. The van der Waals surface area contributed by atoms with Gasteiger partial charge < -0.3 is 10.7 Å². The van der Waals surface area contributed by atoms with Crippen molar-refractivity contribution >= 4 is 22.7 Å². The number of hydrogen-bond acceptors (Lipinski definition) is 5. The molecule has 0 amide bonds. The van der Waals surface area contributed by atoms with Crippen LogP contribution in [0.1, 0.15) is 54.0 Å². The molecule has 1 saturated heterocycles. The van der Waals surface area contributed by atoms with E-state index < -0.39 is 5.92 Å². The van der Waals surface area contributed by atoms with Gasteiger partial charge in [-0.05, 0) is 48.3 Å². The number of likely N-dealkylation sites (tertiary alicyclic amines) is 1. The predicted molar refractivity (Wildman–Crippen MR) is 165 cm³/mol. The summed E-state index contributed by atoms with van der Waals surface area (Å²) in [6.45, 7) is 4.79. The summed E-state index contributed by atoms with van der Waals surface area (Å²) in [6, 6.07) is 9.75. The standard InChI is InChI=1S/C34H34F2N6/c1-21-6-8-23(19-42-12-10-34(35,36)20-42)15-24(13-21)25-16-28(33(38)40-18-25)32(37)31-17-27-26(29-5-3-4-11-39-29)9-7-22(2)14-30(27)41-31/h3-9,11,13,15-18,21,37,41H,10,12,14,19-20H2,1-2H3,(H2,38,40)/t21-/m0/s1. The van der Waals surface area contributed by atoms with E-state index in [2.05, 4.69) is 53.1 Å². The zero-order valence-corrected chi connectivity index (χ0v) is 23.8. The molecule has 0 radical (unpaired) electrons. The van der Waals surface area contributed by atoms with E-state index in [0.29, 0.717) is 24.3 Å². The molecule has 0 spiro atoms. The SMILES string of the molecule is CC1=CC=C(c2ccccn2)c2cc(C(=N)c3cc(C4=C[C@@H](C)C=CC(CN5CCC(F)(F)C5)=C4)cnc3N)[nH]c2C1. The van der Waals surface area contributed by atoms with E-state index in [1.165, 1.54) is 5.57 Å². The largest absolute Gasteiger partial charge is 0.383 e. The number of allylic oxidation sites excluding steroid dienone is 7. The molecule has 214 valence electrons. The summed E-state index contributed by atoms with van der Waals surface area (Å²) in [7, 11) is 0. The predicted octanol–water partition coefficient (Wildman–Crippen LogP) is 6.59. The summed E-state index contributed by atoms with van der Waals surface area (Å²) in [5, 5.41) is 9.16. The van der Waals surface area contributed by atoms with Gasteiger partial charge in [-0.15, -0.1) is 0 Å². The lowest BCUT2D eigenvalue weighted by Gasteiger charge is -2.16. The van der Waals surface area contributed by atoms with Crippen molar-refractivity contribution in [1.82, 2.24) is 19.9 Å². The lowest BCUT2D eigenvalue weighted by atomic mass is 9.98. The number of alkyl halides is 2. The molecule has 4 heterocycles. The highest BCUT2D eigenvalue weighted by molar-refractivity contribution is 6.13. The second-order valence-corrected chi connectivity index (χ2v) is 11.5. The van der Waals surface area contributed by atoms with Crippen molar-refractivity contribution < 1.29 is 8.78 Å². The number of aromatic nitrogens is 3. The van der Waals surface area contributed by atoms with Gasteiger partial charge in [0, 0.05) is 66.3 Å². The normalized spacial score (nSPS) is 20.1. The van der Waals surface area contributed by atoms with Gasteiger partial charge in [0.05, 0.1) is 23.6 Å². The molecule has 8 heteroatoms. The first kappa shape index (κ1) is 27.7. The van der Waals surface area contributed by atoms with Crippen molar-refractivity contribution in [1.29, 1.82) is 5.41 Å². The van der Waals surface area contributed by atoms with Gasteiger partial charge in [-0.1, -0.05) is 55.0 Å². The lowest BCUT2D eigenvalue weighted by molar-refractivity contribution is 0.0131. The van der Waals surface area contributed by atoms with E-state index in [4.69, 9.17) is 11.1 Å². The first-order chi connectivity index (χ1) is 20.1. The number of nitrogens with one attached hydrogen (secondary N) is 2. The highest BCUT2D eigenvalue weighted by Crippen LogP contribution is 2.33. The fraction of sp³-hybridized carbons (Fsp3) is 0.265. The maximum atomic E-state index is 13.8. The van der Waals surface area contributed by atoms with Crippen molar-refractivity contribution in [2.75, 3.05) is 25.4 Å². The van der Waals surface area contributed by atoms with Crippen LogP contribution in [0.5, 0.6) is 0 Å². The number of nitrogens with two attached hydrogens (primary N) is 1. The monoisotopic (exact) mass is 564 g/mol. The number of halogens is 2. The van der Waals surface area contributed by atoms with Crippen LogP contribution in [0.2, 0.25) is 0 Å². The van der Waals surface area contributed by atoms with Crippen LogP contribution < -0.4 is 5.73 Å². The van der Waals surface area contributed by atoms with Gasteiger partial charge in [-0.3, -0.25) is 15.3 Å². The van der Waals surface area contributed by atoms with Crippen LogP contribution in [0.15, 0.2) is 90.3 Å². The van der Waals surface area contributed by atoms with E-state index in [1.54, 1.807) is 17.3 Å². The van der Waals surface area contributed by atoms with Gasteiger partial charge in [0.1, 0.15) is 5.82 Å². The molecule has 2 aliphatic carbocycles. The van der Waals surface area contributed by atoms with E-state index in [9.17, 15) is 8.78 Å². The maximum Gasteiger partial charge on any atom is 0.261 e. The topological polar surface area (TPSA) is 94.7 Å². The van der Waals surface area contributed by atoms with E-state index in [1.807, 2.05) is 42.5 Å². The van der Waals surface area contributed by atoms with Crippen LogP contribution in [0, 0.1) is 11.3 Å². The molecule has 0 aromatic carbocycles. The number of anilines is 1. The summed E-state index contributed by atoms with van der Waals surface area (Å²) in [5.41, 5.74) is 15.6. The number of hydrogen-bond donors (Lipinski definition) is 3. The highest BCUT2D eigenvalue weighted by Gasteiger charge is 2.38. The van der Waals surface area contributed by atoms with Gasteiger partial charge in [-0.25, -0.2) is 13.8 Å². The Morgan fingerprint density at radius 2 is 2.07 bits per heavy atom. The van der Waals surface area contributed by atoms with Gasteiger partial charge in [0.2, 0.25) is 0 Å². The molecule has 0 saturated carbocycles. The number of rotatable bonds is 6. The minimum Gasteiger partial charge on any atom is -0.383 e. The minimum absolute atomic E-state index is 0.104. The van der Waals surface area contributed by atoms with E-state index in [-0.39, 0.29) is 30.4 Å². The number of H-pyrrole nitrogens is 1. The highest BCUT2D eigenvalue weighted by atomic mass is 19.3. The lowest BCUT2D eigenvalue weighted by Crippen LogP contribution is -2.26. The molecule has 1 fully saturated rings. The summed E-state index contributed by atoms with van der Waals surface area (Å²) in [5.74, 6) is -2.22. The van der Waals surface area contributed by atoms with Gasteiger partial charge in [-0.2, -0.15) is 0 Å². The Balaban J connectivity index is 1.32. The summed E-state index contributed by atoms with van der Waals surface area (Å²) < 4.78 is 27.6. The fourth-order valence-corrected chi connectivity index (χ4v) is 5.78. The first-order valence-corrected chi connectivity index (χ1v) is 14.2. The molecule has 6 nitrogen and oxygen atoms in total. The van der Waals surface area contributed by atoms with Crippen LogP contribution in [0.3, 0.4) is 0 Å². The Hall–Kier alpha value is -4.43. The van der Waals surface area contributed by atoms with Crippen LogP contribution in [-0.2, 0) is 6.42 Å². The molecule has 3 aromatic rings. The van der Waals surface area contributed by atoms with Crippen LogP contribution in [0.4, 0.5) is 14.6 Å². The number of nitrogens with zero attached hydrogens (tertiary/aromatic N) is 3. The molecule has 1 aliphatic heterocycles. The maximum absolute atomic E-state index is 13.8. The Bertz CT molecular complexity index is 1690. The number of nitrogen functional groups attached to an aromatic ring is 1. The zero-order chi connectivity index (χ0) is 29.4. The molecule has 4 N–H and O–H groups in total. The smallest absolute Gasteiger partial charge is 0.261 e. The Labute approximate surface area is 244 Å². The van der Waals surface area contributed by atoms with E-state index in [0.717, 1.165) is 45.7 Å². The number of fused-ring (bicyclic) bond motifs is 1. The molecular formula is C34H34F2N6. The molecule has 1 atom stereocenters. The van der Waals surface area contributed by atoms with E-state index >= 15 is 0 Å². The van der Waals surface area contributed by atoms with Crippen molar-refractivity contribution in [3.05, 3.63) is 124 Å². The zero-order valence-electron chi connectivity index (χ0n) is 23.8. The molecule has 42 heavy (non-hydrogen) atoms. The Morgan fingerprint density at radius 3 is 2.83 bits per heavy atom. The van der Waals surface area contributed by atoms with Crippen LogP contribution >= 0.6 is 0 Å². The van der Waals surface area contributed by atoms with Crippen LogP contribution in [0.25, 0.3) is 11.1 Å². The third-order valence-corrected chi connectivity index (χ3v) is 7.96. The van der Waals surface area contributed by atoms with Crippen molar-refractivity contribution in [3.63, 3.8) is 0 Å². The van der Waals surface area contributed by atoms with Crippen molar-refractivity contribution in [2.24, 2.45) is 5.92 Å².